The van der Waals surface area contributed by atoms with Gasteiger partial charge in [-0.2, -0.15) is 0 Å². The lowest BCUT2D eigenvalue weighted by molar-refractivity contribution is -0.277. The van der Waals surface area contributed by atoms with Crippen LogP contribution in [-0.4, -0.2) is 114 Å². The van der Waals surface area contributed by atoms with Gasteiger partial charge in [0.2, 0.25) is 6.29 Å². The summed E-state index contributed by atoms with van der Waals surface area (Å²) in [5, 5.41) is 69.5. The number of benzene rings is 1. The van der Waals surface area contributed by atoms with E-state index >= 15 is 0 Å². The van der Waals surface area contributed by atoms with Crippen molar-refractivity contribution in [3.63, 3.8) is 0 Å². The fourth-order valence-corrected chi connectivity index (χ4v) is 4.87. The number of aliphatic carboxylic acids is 2. The number of carbonyl (C=O) groups excluding carboxylic acids is 1. The SMILES string of the molecule is CC(C)(C)OC(=O)[C@@H]1Cc2cc(O[C@@H]3O[C@H](CO)[C@@H](O)[C@H](O)[C@H]3O)c(O)cc2N1/C=C/C1=CC(C(=O)O)=N[C@H](C(=O)O)C1. The first-order valence-electron chi connectivity index (χ1n) is 13.4. The number of aromatic hydroxyl groups is 1. The second kappa shape index (κ2) is 12.3. The number of nitrogens with zero attached hydrogens (tertiary/aromatic N) is 2. The number of dihydropyridines is 1. The molecular formula is C28H34N2O13. The number of carboxylic acids is 2. The van der Waals surface area contributed by atoms with E-state index in [4.69, 9.17) is 14.2 Å². The Hall–Kier alpha value is -4.02. The largest absolute Gasteiger partial charge is 0.504 e. The minimum atomic E-state index is -1.72. The fourth-order valence-electron chi connectivity index (χ4n) is 4.87. The highest BCUT2D eigenvalue weighted by Crippen LogP contribution is 2.42. The minimum absolute atomic E-state index is 0.0680. The van der Waals surface area contributed by atoms with Gasteiger partial charge in [-0.3, -0.25) is 4.99 Å². The lowest BCUT2D eigenvalue weighted by atomic mass is 9.99. The van der Waals surface area contributed by atoms with Gasteiger partial charge in [0.15, 0.2) is 17.5 Å². The average molecular weight is 607 g/mol. The van der Waals surface area contributed by atoms with Gasteiger partial charge in [-0.25, -0.2) is 14.4 Å². The highest BCUT2D eigenvalue weighted by molar-refractivity contribution is 6.41. The fraction of sp³-hybridized carbons (Fsp3) is 0.500. The highest BCUT2D eigenvalue weighted by Gasteiger charge is 2.45. The van der Waals surface area contributed by atoms with E-state index < -0.39 is 84.4 Å². The van der Waals surface area contributed by atoms with Gasteiger partial charge in [0.05, 0.1) is 6.61 Å². The van der Waals surface area contributed by atoms with Crippen molar-refractivity contribution < 1.29 is 64.3 Å². The van der Waals surface area contributed by atoms with Crippen molar-refractivity contribution >= 4 is 29.3 Å². The lowest BCUT2D eigenvalue weighted by Gasteiger charge is -2.39. The number of aliphatic imine (C=N–C) groups is 1. The van der Waals surface area contributed by atoms with E-state index in [-0.39, 0.29) is 18.6 Å². The second-order valence-electron chi connectivity index (χ2n) is 11.3. The molecule has 4 rings (SSSR count). The monoisotopic (exact) mass is 606 g/mol. The molecule has 7 N–H and O–H groups in total. The molecule has 3 heterocycles. The maximum Gasteiger partial charge on any atom is 0.354 e. The predicted octanol–water partition coefficient (Wildman–Crippen LogP) is -0.534. The molecule has 0 aliphatic carbocycles. The van der Waals surface area contributed by atoms with Gasteiger partial charge in [-0.1, -0.05) is 0 Å². The third-order valence-electron chi connectivity index (χ3n) is 6.96. The number of ether oxygens (including phenoxy) is 3. The molecule has 3 aliphatic heterocycles. The quantitative estimate of drug-likeness (QED) is 0.184. The van der Waals surface area contributed by atoms with Crippen LogP contribution in [0.25, 0.3) is 0 Å². The molecule has 0 spiro atoms. The number of rotatable bonds is 8. The van der Waals surface area contributed by atoms with Crippen LogP contribution in [0.4, 0.5) is 5.69 Å². The molecule has 43 heavy (non-hydrogen) atoms. The van der Waals surface area contributed by atoms with Crippen LogP contribution in [0.5, 0.6) is 11.5 Å². The summed E-state index contributed by atoms with van der Waals surface area (Å²) in [5.74, 6) is -3.93. The molecule has 1 fully saturated rings. The number of allylic oxidation sites excluding steroid dienone is 1. The number of phenolic OH excluding ortho intramolecular Hbond substituents is 1. The Morgan fingerprint density at radius 1 is 1.09 bits per heavy atom. The Labute approximate surface area is 245 Å². The number of fused-ring (bicyclic) bond motifs is 1. The van der Waals surface area contributed by atoms with Crippen LogP contribution in [0.15, 0.2) is 41.1 Å². The van der Waals surface area contributed by atoms with E-state index in [9.17, 15) is 50.1 Å². The number of aliphatic hydroxyl groups excluding tert-OH is 4. The van der Waals surface area contributed by atoms with Gasteiger partial charge >= 0.3 is 17.9 Å². The number of phenols is 1. The van der Waals surface area contributed by atoms with Gasteiger partial charge in [-0.05, 0) is 50.1 Å². The molecule has 0 aromatic heterocycles. The average Bonchev–Trinajstić information content (AvgIpc) is 3.28. The van der Waals surface area contributed by atoms with E-state index in [1.807, 2.05) is 0 Å². The smallest absolute Gasteiger partial charge is 0.354 e. The number of carbonyl (C=O) groups is 3. The van der Waals surface area contributed by atoms with Crippen LogP contribution >= 0.6 is 0 Å². The topological polar surface area (TPSA) is 236 Å². The van der Waals surface area contributed by atoms with Crippen molar-refractivity contribution in [3.05, 3.63) is 41.6 Å². The number of hydrogen-bond acceptors (Lipinski definition) is 13. The van der Waals surface area contributed by atoms with Gasteiger partial charge < -0.3 is 54.9 Å². The summed E-state index contributed by atoms with van der Waals surface area (Å²) >= 11 is 0. The van der Waals surface area contributed by atoms with Crippen LogP contribution in [0.3, 0.4) is 0 Å². The molecule has 7 atom stereocenters. The summed E-state index contributed by atoms with van der Waals surface area (Å²) < 4.78 is 16.6. The normalized spacial score (nSPS) is 29.1. The third kappa shape index (κ3) is 6.97. The first-order valence-corrected chi connectivity index (χ1v) is 13.4. The molecule has 1 aromatic rings. The van der Waals surface area contributed by atoms with Crippen molar-refractivity contribution in [2.45, 2.75) is 82.0 Å². The first-order chi connectivity index (χ1) is 20.1. The van der Waals surface area contributed by atoms with Crippen molar-refractivity contribution in [2.24, 2.45) is 4.99 Å². The van der Waals surface area contributed by atoms with Gasteiger partial charge in [0, 0.05) is 30.8 Å². The summed E-state index contributed by atoms with van der Waals surface area (Å²) in [7, 11) is 0. The zero-order valence-electron chi connectivity index (χ0n) is 23.5. The maximum absolute atomic E-state index is 13.2. The Morgan fingerprint density at radius 3 is 2.40 bits per heavy atom. The maximum atomic E-state index is 13.2. The van der Waals surface area contributed by atoms with E-state index in [1.165, 1.54) is 35.4 Å². The Kier molecular flexibility index (Phi) is 9.13. The molecule has 0 unspecified atom stereocenters. The predicted molar refractivity (Wildman–Crippen MR) is 147 cm³/mol. The van der Waals surface area contributed by atoms with Crippen molar-refractivity contribution in [1.82, 2.24) is 0 Å². The number of anilines is 1. The number of carboxylic acid groups (broad SMARTS) is 2. The molecule has 234 valence electrons. The standard InChI is InChI=1S/C28H34N2O13/c1-28(2,3)43-26(40)17-8-13-9-19(41-27-23(35)22(34)21(33)20(11-31)42-27)18(32)10-16(13)30(17)5-4-12-6-14(24(36)37)29-15(7-12)25(38)39/h4-6,9-10,15,17,20-23,27,31-35H,7-8,11H2,1-3H3,(H,36,37)(H,38,39)/b5-4+/t15-,17-,20+,21+,22-,23+,27+/m0/s1. The van der Waals surface area contributed by atoms with Crippen LogP contribution in [0.2, 0.25) is 0 Å². The van der Waals surface area contributed by atoms with Gasteiger partial charge in [0.1, 0.15) is 41.8 Å². The summed E-state index contributed by atoms with van der Waals surface area (Å²) in [4.78, 5) is 41.5. The molecule has 0 radical (unpaired) electrons. The molecule has 1 aromatic carbocycles. The summed E-state index contributed by atoms with van der Waals surface area (Å²) in [6.45, 7) is 4.40. The summed E-state index contributed by atoms with van der Waals surface area (Å²) in [6, 6.07) is 0.421. The number of esters is 1. The molecule has 15 heteroatoms. The molecule has 3 aliphatic rings. The molecule has 0 bridgehead atoms. The first kappa shape index (κ1) is 31.9. The third-order valence-corrected chi connectivity index (χ3v) is 6.96. The van der Waals surface area contributed by atoms with E-state index in [2.05, 4.69) is 4.99 Å². The van der Waals surface area contributed by atoms with E-state index in [0.717, 1.165) is 0 Å². The van der Waals surface area contributed by atoms with E-state index in [1.54, 1.807) is 20.8 Å². The van der Waals surface area contributed by atoms with Crippen molar-refractivity contribution in [1.29, 1.82) is 0 Å². The van der Waals surface area contributed by atoms with Crippen molar-refractivity contribution in [3.8, 4) is 11.5 Å². The zero-order valence-corrected chi connectivity index (χ0v) is 23.5. The molecular weight excluding hydrogens is 572 g/mol. The molecule has 0 saturated carbocycles. The summed E-state index contributed by atoms with van der Waals surface area (Å²) in [5.41, 5.74) is -0.107. The highest BCUT2D eigenvalue weighted by atomic mass is 16.7. The van der Waals surface area contributed by atoms with E-state index in [0.29, 0.717) is 16.8 Å². The number of hydrogen-bond donors (Lipinski definition) is 7. The van der Waals surface area contributed by atoms with Crippen LogP contribution in [-0.2, 0) is 30.3 Å². The second-order valence-corrected chi connectivity index (χ2v) is 11.3. The van der Waals surface area contributed by atoms with Crippen LogP contribution in [0.1, 0.15) is 32.8 Å². The van der Waals surface area contributed by atoms with Gasteiger partial charge in [0.25, 0.3) is 0 Å². The summed E-state index contributed by atoms with van der Waals surface area (Å²) in [6.07, 6.45) is -3.73. The molecule has 15 nitrogen and oxygen atoms in total. The lowest BCUT2D eigenvalue weighted by Crippen LogP contribution is -2.60. The number of aliphatic hydroxyl groups is 4. The zero-order chi connectivity index (χ0) is 31.8. The van der Waals surface area contributed by atoms with Gasteiger partial charge in [-0.15, -0.1) is 0 Å². The van der Waals surface area contributed by atoms with Crippen LogP contribution in [0, 0.1) is 0 Å². The minimum Gasteiger partial charge on any atom is -0.504 e. The van der Waals surface area contributed by atoms with Crippen LogP contribution < -0.4 is 9.64 Å². The molecule has 0 amide bonds. The Balaban J connectivity index is 1.67. The molecule has 1 saturated heterocycles. The Morgan fingerprint density at radius 2 is 1.79 bits per heavy atom. The van der Waals surface area contributed by atoms with Crippen molar-refractivity contribution in [2.75, 3.05) is 11.5 Å². The Bertz CT molecular complexity index is 1360.